The summed E-state index contributed by atoms with van der Waals surface area (Å²) in [6.07, 6.45) is 13.6. The van der Waals surface area contributed by atoms with Gasteiger partial charge in [-0.15, -0.1) is 5.92 Å². The summed E-state index contributed by atoms with van der Waals surface area (Å²) in [5.41, 5.74) is -2.69. The number of ether oxygens (including phenoxy) is 3. The minimum Gasteiger partial charge on any atom is -0.481 e. The van der Waals surface area contributed by atoms with Crippen LogP contribution in [-0.2, 0) is 35.1 Å². The molecule has 1 aromatic rings. The molecule has 3 atom stereocenters. The Labute approximate surface area is 299 Å². The second-order valence-corrected chi connectivity index (χ2v) is 13.6. The van der Waals surface area contributed by atoms with Crippen LogP contribution in [-0.4, -0.2) is 71.4 Å². The lowest BCUT2D eigenvalue weighted by Gasteiger charge is -2.34. The average molecular weight is 700 g/mol. The van der Waals surface area contributed by atoms with Crippen molar-refractivity contribution in [3.8, 4) is 17.6 Å². The first-order valence-corrected chi connectivity index (χ1v) is 18.1. The molecule has 1 rings (SSSR count). The van der Waals surface area contributed by atoms with E-state index in [4.69, 9.17) is 14.2 Å². The van der Waals surface area contributed by atoms with Gasteiger partial charge in [0.05, 0.1) is 13.0 Å². The van der Waals surface area contributed by atoms with Crippen LogP contribution in [0.4, 0.5) is 0 Å². The van der Waals surface area contributed by atoms with Crippen molar-refractivity contribution >= 4 is 23.6 Å². The monoisotopic (exact) mass is 699 g/mol. The van der Waals surface area contributed by atoms with Crippen molar-refractivity contribution in [2.75, 3.05) is 20.3 Å². The molecule has 1 amide bonds. The van der Waals surface area contributed by atoms with Crippen LogP contribution in [0, 0.1) is 17.8 Å². The molecule has 0 fully saturated rings. The molecule has 280 valence electrons. The molecule has 0 bridgehead atoms. The van der Waals surface area contributed by atoms with E-state index in [1.165, 1.54) is 32.4 Å². The summed E-state index contributed by atoms with van der Waals surface area (Å²) in [6.45, 7) is 8.44. The highest BCUT2D eigenvalue weighted by molar-refractivity contribution is 5.93. The summed E-state index contributed by atoms with van der Waals surface area (Å²) in [6, 6.07) is 5.81. The second kappa shape index (κ2) is 24.5. The predicted octanol–water partition coefficient (Wildman–Crippen LogP) is 6.19. The van der Waals surface area contributed by atoms with Crippen molar-refractivity contribution in [1.29, 1.82) is 0 Å². The number of carbonyl (C=O) groups excluding carboxylic acids is 4. The number of methoxy groups -OCH3 is 1. The first-order valence-electron chi connectivity index (χ1n) is 18.1. The van der Waals surface area contributed by atoms with Crippen molar-refractivity contribution < 1.29 is 43.6 Å². The van der Waals surface area contributed by atoms with Gasteiger partial charge in [-0.3, -0.25) is 9.59 Å². The highest BCUT2D eigenvalue weighted by atomic mass is 16.6. The third-order valence-electron chi connectivity index (χ3n) is 8.16. The van der Waals surface area contributed by atoms with Crippen molar-refractivity contribution in [2.24, 2.45) is 5.92 Å². The molecular formula is C40H61NO9. The van der Waals surface area contributed by atoms with Gasteiger partial charge in [0.2, 0.25) is 5.91 Å². The van der Waals surface area contributed by atoms with Gasteiger partial charge in [0.25, 0.3) is 0 Å². The van der Waals surface area contributed by atoms with Gasteiger partial charge in [0.1, 0.15) is 29.8 Å². The van der Waals surface area contributed by atoms with Crippen LogP contribution in [0.25, 0.3) is 0 Å². The number of benzene rings is 1. The third-order valence-corrected chi connectivity index (χ3v) is 8.16. The van der Waals surface area contributed by atoms with Crippen LogP contribution in [0.5, 0.6) is 5.75 Å². The lowest BCUT2D eigenvalue weighted by Crippen LogP contribution is -2.56. The lowest BCUT2D eigenvalue weighted by molar-refractivity contribution is -0.185. The molecule has 0 saturated carbocycles. The second-order valence-electron chi connectivity index (χ2n) is 13.6. The van der Waals surface area contributed by atoms with E-state index in [2.05, 4.69) is 24.1 Å². The summed E-state index contributed by atoms with van der Waals surface area (Å²) in [5.74, 6) is 2.42. The molecule has 0 heterocycles. The van der Waals surface area contributed by atoms with Crippen LogP contribution < -0.4 is 10.1 Å². The standard InChI is InChI=1S/C40H61NO9/c1-7-9-11-14-17-20-32(43)21-18-15-12-13-16-19-22-34(40(47,27-28-42)38(46)50-39(3,4)5)36(44)41-35(37(45)48-6)30-31-23-25-33(26-24-31)49-29-10-8-2/h19,22-26,34-35,42,47H,7,9,11-18,20-21,27-30H2,1-6H3,(H,41,44)/b22-19+/t34-,35+,40?/m1/s1. The Morgan fingerprint density at radius 3 is 2.12 bits per heavy atom. The summed E-state index contributed by atoms with van der Waals surface area (Å²) in [7, 11) is 1.21. The van der Waals surface area contributed by atoms with Crippen LogP contribution in [0.1, 0.15) is 124 Å². The number of hydrogen-bond acceptors (Lipinski definition) is 9. The minimum atomic E-state index is -2.42. The number of unbranched alkanes of at least 4 members (excludes halogenated alkanes) is 8. The van der Waals surface area contributed by atoms with E-state index in [1.54, 1.807) is 58.0 Å². The van der Waals surface area contributed by atoms with E-state index in [1.807, 2.05) is 0 Å². The fourth-order valence-corrected chi connectivity index (χ4v) is 5.35. The van der Waals surface area contributed by atoms with Crippen molar-refractivity contribution in [3.63, 3.8) is 0 Å². The Hall–Kier alpha value is -3.68. The summed E-state index contributed by atoms with van der Waals surface area (Å²) in [5, 5.41) is 24.2. The van der Waals surface area contributed by atoms with Gasteiger partial charge in [-0.05, 0) is 71.1 Å². The van der Waals surface area contributed by atoms with Crippen LogP contribution in [0.15, 0.2) is 36.4 Å². The first kappa shape index (κ1) is 44.3. The molecule has 50 heavy (non-hydrogen) atoms. The Morgan fingerprint density at radius 1 is 0.940 bits per heavy atom. The molecule has 0 aliphatic rings. The average Bonchev–Trinajstić information content (AvgIpc) is 3.06. The Balaban J connectivity index is 3.03. The molecule has 1 unspecified atom stereocenters. The Kier molecular flexibility index (Phi) is 21.7. The predicted molar refractivity (Wildman–Crippen MR) is 194 cm³/mol. The summed E-state index contributed by atoms with van der Waals surface area (Å²) >= 11 is 0. The van der Waals surface area contributed by atoms with Gasteiger partial charge < -0.3 is 29.7 Å². The normalized spacial score (nSPS) is 13.8. The number of Topliss-reactive ketones (excluding diaryl/α,β-unsaturated/α-hetero) is 1. The Morgan fingerprint density at radius 2 is 1.56 bits per heavy atom. The van der Waals surface area contributed by atoms with E-state index >= 15 is 0 Å². The largest absolute Gasteiger partial charge is 0.481 e. The Bertz CT molecular complexity index is 1260. The number of nitrogens with one attached hydrogen (secondary N) is 1. The number of amides is 1. The molecule has 1 aromatic carbocycles. The van der Waals surface area contributed by atoms with Gasteiger partial charge in [0, 0.05) is 32.3 Å². The van der Waals surface area contributed by atoms with E-state index in [9.17, 15) is 29.4 Å². The van der Waals surface area contributed by atoms with Crippen LogP contribution >= 0.6 is 0 Å². The van der Waals surface area contributed by atoms with Crippen molar-refractivity contribution in [3.05, 3.63) is 42.0 Å². The smallest absolute Gasteiger partial charge is 0.339 e. The fraction of sp³-hybridized carbons (Fsp3) is 0.650. The minimum absolute atomic E-state index is 0.0656. The maximum absolute atomic E-state index is 13.9. The molecule has 0 saturated heterocycles. The van der Waals surface area contributed by atoms with Gasteiger partial charge in [-0.1, -0.05) is 75.7 Å². The molecule has 0 aromatic heterocycles. The molecular weight excluding hydrogens is 638 g/mol. The molecule has 3 N–H and O–H groups in total. The molecule has 0 spiro atoms. The number of ketones is 1. The topological polar surface area (TPSA) is 148 Å². The van der Waals surface area contributed by atoms with E-state index in [0.717, 1.165) is 38.5 Å². The maximum Gasteiger partial charge on any atom is 0.339 e. The van der Waals surface area contributed by atoms with Gasteiger partial charge >= 0.3 is 11.9 Å². The number of allylic oxidation sites excluding steroid dienone is 1. The van der Waals surface area contributed by atoms with Crippen LogP contribution in [0.2, 0.25) is 0 Å². The zero-order valence-electron chi connectivity index (χ0n) is 31.2. The third kappa shape index (κ3) is 17.8. The lowest BCUT2D eigenvalue weighted by atomic mass is 9.82. The van der Waals surface area contributed by atoms with Crippen LogP contribution in [0.3, 0.4) is 0 Å². The van der Waals surface area contributed by atoms with E-state index in [0.29, 0.717) is 36.4 Å². The number of carbonyl (C=O) groups is 4. The highest BCUT2D eigenvalue weighted by Gasteiger charge is 2.49. The fourth-order valence-electron chi connectivity index (χ4n) is 5.35. The molecule has 0 aliphatic carbocycles. The SMILES string of the molecule is CC#CCOc1ccc(C[C@H](NC(=O)[C@@H](/C=C/CCCCCCC(=O)CCCCCCC)C(O)(CCO)C(=O)OC(C)(C)C)C(=O)OC)cc1. The first-order chi connectivity index (χ1) is 23.8. The molecule has 10 heteroatoms. The number of hydrogen-bond donors (Lipinski definition) is 3. The van der Waals surface area contributed by atoms with Gasteiger partial charge in [-0.2, -0.15) is 0 Å². The zero-order chi connectivity index (χ0) is 37.4. The maximum atomic E-state index is 13.9. The number of rotatable bonds is 25. The highest BCUT2D eigenvalue weighted by Crippen LogP contribution is 2.28. The number of aliphatic hydroxyl groups excluding tert-OH is 1. The van der Waals surface area contributed by atoms with Crippen molar-refractivity contribution in [2.45, 2.75) is 142 Å². The number of esters is 2. The van der Waals surface area contributed by atoms with Gasteiger partial charge in [0.15, 0.2) is 5.60 Å². The summed E-state index contributed by atoms with van der Waals surface area (Å²) in [4.78, 5) is 52.2. The van der Waals surface area contributed by atoms with E-state index < -0.39 is 54.0 Å². The van der Waals surface area contributed by atoms with Crippen molar-refractivity contribution in [1.82, 2.24) is 5.32 Å². The number of aliphatic hydroxyl groups is 2. The van der Waals surface area contributed by atoms with Gasteiger partial charge in [-0.25, -0.2) is 9.59 Å². The molecule has 10 nitrogen and oxygen atoms in total. The molecule has 0 aliphatic heterocycles. The van der Waals surface area contributed by atoms with E-state index in [-0.39, 0.29) is 13.0 Å². The quantitative estimate of drug-likeness (QED) is 0.0471. The zero-order valence-corrected chi connectivity index (χ0v) is 31.2. The summed E-state index contributed by atoms with van der Waals surface area (Å²) < 4.78 is 16.0. The molecule has 0 radical (unpaired) electrons.